The molecule has 0 saturated carbocycles. The van der Waals surface area contributed by atoms with Crippen LogP contribution in [0.5, 0.6) is 5.75 Å². The number of amides is 1. The van der Waals surface area contributed by atoms with E-state index in [1.165, 1.54) is 0 Å². The fourth-order valence-corrected chi connectivity index (χ4v) is 3.56. The molecule has 3 aromatic rings. The van der Waals surface area contributed by atoms with Crippen molar-refractivity contribution < 1.29 is 9.90 Å². The molecule has 2 aromatic heterocycles. The normalized spacial score (nSPS) is 13.1. The number of hydrogen-bond acceptors (Lipinski definition) is 5. The number of aromatic nitrogens is 2. The van der Waals surface area contributed by atoms with E-state index in [-0.39, 0.29) is 11.7 Å². The summed E-state index contributed by atoms with van der Waals surface area (Å²) in [5, 5.41) is 9.63. The molecule has 1 amide bonds. The van der Waals surface area contributed by atoms with Crippen molar-refractivity contribution in [2.45, 2.75) is 19.8 Å². The number of phenols is 1. The molecule has 0 fully saturated rings. The lowest BCUT2D eigenvalue weighted by molar-refractivity contribution is 0.0994. The van der Waals surface area contributed by atoms with E-state index in [9.17, 15) is 9.90 Å². The molecule has 142 valence electrons. The van der Waals surface area contributed by atoms with Gasteiger partial charge in [-0.3, -0.25) is 4.79 Å². The highest BCUT2D eigenvalue weighted by molar-refractivity contribution is 6.12. The van der Waals surface area contributed by atoms with E-state index in [1.807, 2.05) is 48.4 Å². The molecule has 0 unspecified atom stereocenters. The molecule has 0 bridgehead atoms. The number of carbonyl (C=O) groups excluding carboxylic acids is 1. The molecule has 6 heteroatoms. The lowest BCUT2D eigenvalue weighted by Crippen LogP contribution is -2.25. The van der Waals surface area contributed by atoms with E-state index < -0.39 is 0 Å². The van der Waals surface area contributed by atoms with Gasteiger partial charge in [-0.25, -0.2) is 9.97 Å². The van der Waals surface area contributed by atoms with Gasteiger partial charge in [-0.05, 0) is 61.2 Å². The van der Waals surface area contributed by atoms with Gasteiger partial charge in [0.1, 0.15) is 11.6 Å². The number of fused-ring (bicyclic) bond motifs is 2. The van der Waals surface area contributed by atoms with Crippen LogP contribution in [0.2, 0.25) is 0 Å². The van der Waals surface area contributed by atoms with Crippen molar-refractivity contribution in [2.75, 3.05) is 23.4 Å². The van der Waals surface area contributed by atoms with Crippen LogP contribution < -0.4 is 9.80 Å². The number of benzene rings is 1. The Balaban J connectivity index is 1.69. The van der Waals surface area contributed by atoms with Crippen molar-refractivity contribution in [3.05, 3.63) is 71.5 Å². The van der Waals surface area contributed by atoms with Crippen LogP contribution in [0.4, 0.5) is 17.3 Å². The Bertz CT molecular complexity index is 1030. The predicted octanol–water partition coefficient (Wildman–Crippen LogP) is 3.72. The van der Waals surface area contributed by atoms with Crippen molar-refractivity contribution in [3.63, 3.8) is 0 Å². The Kier molecular flexibility index (Phi) is 4.69. The molecule has 0 spiro atoms. The number of anilines is 3. The van der Waals surface area contributed by atoms with Crippen molar-refractivity contribution >= 4 is 23.2 Å². The average molecular weight is 374 g/mol. The second kappa shape index (κ2) is 7.31. The van der Waals surface area contributed by atoms with Crippen molar-refractivity contribution in [2.24, 2.45) is 0 Å². The van der Waals surface area contributed by atoms with Crippen LogP contribution in [0, 0.1) is 0 Å². The number of nitrogens with zero attached hydrogens (tertiary/aromatic N) is 4. The first-order chi connectivity index (χ1) is 13.6. The summed E-state index contributed by atoms with van der Waals surface area (Å²) < 4.78 is 0. The van der Waals surface area contributed by atoms with Gasteiger partial charge in [0, 0.05) is 26.0 Å². The van der Waals surface area contributed by atoms with E-state index >= 15 is 0 Å². The predicted molar refractivity (Wildman–Crippen MR) is 109 cm³/mol. The molecule has 3 heterocycles. The van der Waals surface area contributed by atoms with Crippen LogP contribution in [0.1, 0.15) is 28.4 Å². The summed E-state index contributed by atoms with van der Waals surface area (Å²) in [6, 6.07) is 12.9. The van der Waals surface area contributed by atoms with E-state index in [4.69, 9.17) is 0 Å². The van der Waals surface area contributed by atoms with E-state index in [0.29, 0.717) is 17.9 Å². The zero-order valence-electron chi connectivity index (χ0n) is 16.0. The van der Waals surface area contributed by atoms with Gasteiger partial charge in [0.05, 0.1) is 11.3 Å². The summed E-state index contributed by atoms with van der Waals surface area (Å²) in [4.78, 5) is 25.9. The van der Waals surface area contributed by atoms with Gasteiger partial charge in [0.25, 0.3) is 5.91 Å². The number of aryl methyl sites for hydroxylation is 2. The SMILES string of the molecule is CCN1c2ncc(CCc3cccc(O)c3)cc2C(=O)N(C)c2cccnc21. The Morgan fingerprint density at radius 1 is 1.00 bits per heavy atom. The highest BCUT2D eigenvalue weighted by Gasteiger charge is 2.30. The smallest absolute Gasteiger partial charge is 0.261 e. The third-order valence-electron chi connectivity index (χ3n) is 5.03. The number of phenolic OH excluding ortho intramolecular Hbond substituents is 1. The number of hydrogen-bond donors (Lipinski definition) is 1. The summed E-state index contributed by atoms with van der Waals surface area (Å²) in [6.45, 7) is 2.68. The molecule has 1 aliphatic rings. The molecular weight excluding hydrogens is 352 g/mol. The fraction of sp³-hybridized carbons (Fsp3) is 0.227. The minimum absolute atomic E-state index is 0.0908. The van der Waals surface area contributed by atoms with Gasteiger partial charge in [0.15, 0.2) is 5.82 Å². The maximum absolute atomic E-state index is 13.1. The maximum Gasteiger partial charge on any atom is 0.261 e. The highest BCUT2D eigenvalue weighted by atomic mass is 16.3. The lowest BCUT2D eigenvalue weighted by atomic mass is 10.0. The second-order valence-corrected chi connectivity index (χ2v) is 6.84. The van der Waals surface area contributed by atoms with Crippen LogP contribution in [0.15, 0.2) is 54.9 Å². The monoisotopic (exact) mass is 374 g/mol. The lowest BCUT2D eigenvalue weighted by Gasteiger charge is -2.22. The summed E-state index contributed by atoms with van der Waals surface area (Å²) in [5.41, 5.74) is 3.38. The quantitative estimate of drug-likeness (QED) is 0.754. The molecule has 1 aromatic carbocycles. The van der Waals surface area contributed by atoms with E-state index in [2.05, 4.69) is 9.97 Å². The zero-order valence-corrected chi connectivity index (χ0v) is 16.0. The van der Waals surface area contributed by atoms with Crippen molar-refractivity contribution in [1.82, 2.24) is 9.97 Å². The first-order valence-corrected chi connectivity index (χ1v) is 9.36. The van der Waals surface area contributed by atoms with Crippen molar-refractivity contribution in [3.8, 4) is 5.75 Å². The van der Waals surface area contributed by atoms with Crippen molar-refractivity contribution in [1.29, 1.82) is 0 Å². The van der Waals surface area contributed by atoms with Crippen LogP contribution in [-0.2, 0) is 12.8 Å². The molecule has 0 radical (unpaired) electrons. The Labute approximate surface area is 164 Å². The Morgan fingerprint density at radius 3 is 2.61 bits per heavy atom. The van der Waals surface area contributed by atoms with Gasteiger partial charge in [-0.15, -0.1) is 0 Å². The van der Waals surface area contributed by atoms with Gasteiger partial charge >= 0.3 is 0 Å². The van der Waals surface area contributed by atoms with Crippen LogP contribution >= 0.6 is 0 Å². The minimum Gasteiger partial charge on any atom is -0.508 e. The molecule has 1 N–H and O–H groups in total. The van der Waals surface area contributed by atoms with E-state index in [0.717, 1.165) is 35.5 Å². The topological polar surface area (TPSA) is 69.6 Å². The van der Waals surface area contributed by atoms with Gasteiger partial charge in [-0.2, -0.15) is 0 Å². The average Bonchev–Trinajstić information content (AvgIpc) is 2.80. The molecule has 4 rings (SSSR count). The first kappa shape index (κ1) is 18.0. The molecule has 0 atom stereocenters. The standard InChI is InChI=1S/C22H22N4O2/c1-3-26-20-18(22(28)25(2)19-8-5-11-23-21(19)26)13-16(14-24-20)10-9-15-6-4-7-17(27)12-15/h4-8,11-14,27H,3,9-10H2,1-2H3. The molecule has 6 nitrogen and oxygen atoms in total. The Morgan fingerprint density at radius 2 is 1.82 bits per heavy atom. The summed E-state index contributed by atoms with van der Waals surface area (Å²) in [6.07, 6.45) is 5.05. The molecule has 0 aliphatic carbocycles. The summed E-state index contributed by atoms with van der Waals surface area (Å²) in [7, 11) is 1.77. The largest absolute Gasteiger partial charge is 0.508 e. The van der Waals surface area contributed by atoms with Crippen LogP contribution in [0.3, 0.4) is 0 Å². The van der Waals surface area contributed by atoms with Crippen LogP contribution in [-0.4, -0.2) is 34.6 Å². The summed E-state index contributed by atoms with van der Waals surface area (Å²) in [5.74, 6) is 1.54. The molecule has 1 aliphatic heterocycles. The van der Waals surface area contributed by atoms with Gasteiger partial charge < -0.3 is 14.9 Å². The molecule has 0 saturated heterocycles. The fourth-order valence-electron chi connectivity index (χ4n) is 3.56. The molecule has 28 heavy (non-hydrogen) atoms. The highest BCUT2D eigenvalue weighted by Crippen LogP contribution is 2.37. The minimum atomic E-state index is -0.0908. The number of aromatic hydroxyl groups is 1. The third-order valence-corrected chi connectivity index (χ3v) is 5.03. The second-order valence-electron chi connectivity index (χ2n) is 6.84. The first-order valence-electron chi connectivity index (χ1n) is 9.36. The number of carbonyl (C=O) groups is 1. The van der Waals surface area contributed by atoms with Gasteiger partial charge in [-0.1, -0.05) is 12.1 Å². The number of pyridine rings is 2. The maximum atomic E-state index is 13.1. The number of rotatable bonds is 4. The van der Waals surface area contributed by atoms with Gasteiger partial charge in [0.2, 0.25) is 0 Å². The van der Waals surface area contributed by atoms with E-state index in [1.54, 1.807) is 30.3 Å². The summed E-state index contributed by atoms with van der Waals surface area (Å²) >= 11 is 0. The third kappa shape index (κ3) is 3.17. The van der Waals surface area contributed by atoms with Crippen LogP contribution in [0.25, 0.3) is 0 Å². The zero-order chi connectivity index (χ0) is 19.7. The Hall–Kier alpha value is -3.41. The molecular formula is C22H22N4O2.